The van der Waals surface area contributed by atoms with Crippen molar-refractivity contribution in [1.82, 2.24) is 5.32 Å². The molecule has 6 heteroatoms. The van der Waals surface area contributed by atoms with E-state index in [4.69, 9.17) is 10.5 Å². The van der Waals surface area contributed by atoms with Crippen LogP contribution in [0.4, 0.5) is 5.69 Å². The number of rotatable bonds is 5. The molecule has 0 radical (unpaired) electrons. The zero-order valence-corrected chi connectivity index (χ0v) is 10.5. The minimum absolute atomic E-state index is 0.0480. The molecule has 0 aliphatic heterocycles. The Kier molecular flexibility index (Phi) is 5.58. The van der Waals surface area contributed by atoms with Gasteiger partial charge in [0.05, 0.1) is 5.69 Å². The van der Waals surface area contributed by atoms with Gasteiger partial charge in [0.15, 0.2) is 0 Å². The Bertz CT molecular complexity index is 532. The third kappa shape index (κ3) is 5.33. The highest BCUT2D eigenvalue weighted by atomic mass is 16.1. The predicted octanol–water partition coefficient (Wildman–Crippen LogP) is 1.18. The fourth-order valence-corrected chi connectivity index (χ4v) is 1.32. The molecule has 1 aromatic carbocycles. The summed E-state index contributed by atoms with van der Waals surface area (Å²) in [4.78, 5) is 10.7. The van der Waals surface area contributed by atoms with E-state index in [1.54, 1.807) is 24.3 Å². The fraction of sp³-hybridized carbons (Fsp3) is 0.231. The molecule has 96 valence electrons. The summed E-state index contributed by atoms with van der Waals surface area (Å²) in [6.07, 6.45) is 0.741. The lowest BCUT2D eigenvalue weighted by Gasteiger charge is -2.04. The maximum atomic E-state index is 10.7. The number of amides is 1. The number of hydrogen-bond donors (Lipinski definition) is 2. The third-order valence-corrected chi connectivity index (χ3v) is 2.25. The van der Waals surface area contributed by atoms with Crippen molar-refractivity contribution in [1.29, 1.82) is 10.5 Å². The molecule has 0 heterocycles. The van der Waals surface area contributed by atoms with Crippen LogP contribution >= 0.6 is 0 Å². The summed E-state index contributed by atoms with van der Waals surface area (Å²) in [5, 5.41) is 23.4. The lowest BCUT2D eigenvalue weighted by molar-refractivity contribution is -0.118. The van der Waals surface area contributed by atoms with Gasteiger partial charge in [-0.25, -0.2) is 0 Å². The lowest BCUT2D eigenvalue weighted by Crippen LogP contribution is -2.22. The second-order valence-electron chi connectivity index (χ2n) is 3.73. The number of benzene rings is 1. The van der Waals surface area contributed by atoms with Crippen LogP contribution in [-0.4, -0.2) is 18.2 Å². The summed E-state index contributed by atoms with van der Waals surface area (Å²) in [7, 11) is 0. The average molecular weight is 255 g/mol. The van der Waals surface area contributed by atoms with Gasteiger partial charge in [-0.05, 0) is 24.1 Å². The van der Waals surface area contributed by atoms with Crippen molar-refractivity contribution in [3.05, 3.63) is 29.8 Å². The van der Waals surface area contributed by atoms with Gasteiger partial charge in [0, 0.05) is 13.5 Å². The number of hydrogen-bond acceptors (Lipinski definition) is 5. The maximum Gasteiger partial charge on any atom is 0.237 e. The maximum absolute atomic E-state index is 10.7. The highest BCUT2D eigenvalue weighted by Gasteiger charge is 1.97. The van der Waals surface area contributed by atoms with Crippen molar-refractivity contribution in [2.24, 2.45) is 5.10 Å². The molecule has 0 aliphatic carbocycles. The molecule has 19 heavy (non-hydrogen) atoms. The van der Waals surface area contributed by atoms with Crippen molar-refractivity contribution >= 4 is 17.3 Å². The van der Waals surface area contributed by atoms with Crippen LogP contribution in [0.1, 0.15) is 12.5 Å². The molecule has 2 N–H and O–H groups in total. The number of nitrogens with one attached hydrogen (secondary N) is 2. The quantitative estimate of drug-likeness (QED) is 0.609. The van der Waals surface area contributed by atoms with Crippen LogP contribution in [0.15, 0.2) is 29.4 Å². The highest BCUT2D eigenvalue weighted by molar-refractivity contribution is 6.10. The van der Waals surface area contributed by atoms with Crippen molar-refractivity contribution in [2.45, 2.75) is 13.3 Å². The van der Waals surface area contributed by atoms with Gasteiger partial charge in [-0.15, -0.1) is 0 Å². The van der Waals surface area contributed by atoms with Gasteiger partial charge in [0.25, 0.3) is 0 Å². The van der Waals surface area contributed by atoms with E-state index in [9.17, 15) is 4.79 Å². The summed E-state index contributed by atoms with van der Waals surface area (Å²) in [5.41, 5.74) is 4.15. The molecular formula is C13H13N5O. The lowest BCUT2D eigenvalue weighted by atomic mass is 10.1. The van der Waals surface area contributed by atoms with Gasteiger partial charge < -0.3 is 5.32 Å². The van der Waals surface area contributed by atoms with E-state index in [1.165, 1.54) is 6.92 Å². The van der Waals surface area contributed by atoms with Crippen LogP contribution in [0, 0.1) is 22.7 Å². The predicted molar refractivity (Wildman–Crippen MR) is 71.1 cm³/mol. The van der Waals surface area contributed by atoms with Crippen molar-refractivity contribution in [3.8, 4) is 12.1 Å². The van der Waals surface area contributed by atoms with Gasteiger partial charge in [-0.3, -0.25) is 10.2 Å². The molecule has 0 fully saturated rings. The SMILES string of the molecule is CC(=O)NCCc1ccc(NN=C(C#N)C#N)cc1. The van der Waals surface area contributed by atoms with Crippen LogP contribution < -0.4 is 10.7 Å². The smallest absolute Gasteiger partial charge is 0.237 e. The molecule has 0 unspecified atom stereocenters. The summed E-state index contributed by atoms with van der Waals surface area (Å²) in [6, 6.07) is 10.7. The van der Waals surface area contributed by atoms with E-state index >= 15 is 0 Å². The Morgan fingerprint density at radius 2 is 1.89 bits per heavy atom. The zero-order valence-electron chi connectivity index (χ0n) is 10.5. The first kappa shape index (κ1) is 14.2. The van der Waals surface area contributed by atoms with Crippen LogP contribution in [0.5, 0.6) is 0 Å². The highest BCUT2D eigenvalue weighted by Crippen LogP contribution is 2.09. The van der Waals surface area contributed by atoms with Gasteiger partial charge in [0.1, 0.15) is 12.1 Å². The largest absolute Gasteiger partial charge is 0.356 e. The van der Waals surface area contributed by atoms with E-state index in [2.05, 4.69) is 15.8 Å². The van der Waals surface area contributed by atoms with Gasteiger partial charge in [0.2, 0.25) is 11.6 Å². The summed E-state index contributed by atoms with van der Waals surface area (Å²) >= 11 is 0. The van der Waals surface area contributed by atoms with Crippen molar-refractivity contribution < 1.29 is 4.79 Å². The fourth-order valence-electron chi connectivity index (χ4n) is 1.32. The second kappa shape index (κ2) is 7.46. The van der Waals surface area contributed by atoms with Crippen molar-refractivity contribution in [2.75, 3.05) is 12.0 Å². The first-order chi connectivity index (χ1) is 9.15. The summed E-state index contributed by atoms with van der Waals surface area (Å²) in [5.74, 6) is -0.0480. The molecular weight excluding hydrogens is 242 g/mol. The Morgan fingerprint density at radius 3 is 2.42 bits per heavy atom. The first-order valence-electron chi connectivity index (χ1n) is 5.63. The molecule has 6 nitrogen and oxygen atoms in total. The molecule has 1 amide bonds. The topological polar surface area (TPSA) is 101 Å². The Morgan fingerprint density at radius 1 is 1.26 bits per heavy atom. The number of carbonyl (C=O) groups is 1. The molecule has 1 rings (SSSR count). The Hall–Kier alpha value is -2.86. The molecule has 0 saturated heterocycles. The van der Waals surface area contributed by atoms with Crippen molar-refractivity contribution in [3.63, 3.8) is 0 Å². The molecule has 0 saturated carbocycles. The zero-order chi connectivity index (χ0) is 14.1. The number of nitriles is 2. The van der Waals surface area contributed by atoms with Gasteiger partial charge in [-0.2, -0.15) is 15.6 Å². The van der Waals surface area contributed by atoms with Crippen LogP contribution in [0.2, 0.25) is 0 Å². The number of hydrazone groups is 1. The van der Waals surface area contributed by atoms with E-state index in [0.717, 1.165) is 12.0 Å². The molecule has 0 bridgehead atoms. The number of nitrogens with zero attached hydrogens (tertiary/aromatic N) is 3. The first-order valence-corrected chi connectivity index (χ1v) is 5.63. The summed E-state index contributed by atoms with van der Waals surface area (Å²) in [6.45, 7) is 2.07. The monoisotopic (exact) mass is 255 g/mol. The Labute approximate surface area is 111 Å². The van der Waals surface area contributed by atoms with E-state index in [0.29, 0.717) is 12.2 Å². The second-order valence-corrected chi connectivity index (χ2v) is 3.73. The number of carbonyl (C=O) groups excluding carboxylic acids is 1. The van der Waals surface area contributed by atoms with Crippen LogP contribution in [0.25, 0.3) is 0 Å². The van der Waals surface area contributed by atoms with Gasteiger partial charge >= 0.3 is 0 Å². The van der Waals surface area contributed by atoms with E-state index in [-0.39, 0.29) is 11.6 Å². The summed E-state index contributed by atoms with van der Waals surface area (Å²) < 4.78 is 0. The minimum atomic E-state index is -0.227. The van der Waals surface area contributed by atoms with E-state index in [1.807, 2.05) is 12.1 Å². The molecule has 0 aliphatic rings. The average Bonchev–Trinajstić information content (AvgIpc) is 2.41. The van der Waals surface area contributed by atoms with Crippen LogP contribution in [-0.2, 0) is 11.2 Å². The standard InChI is InChI=1S/C13H13N5O/c1-10(19)16-7-6-11-2-4-12(5-3-11)17-18-13(8-14)9-15/h2-5,17H,6-7H2,1H3,(H,16,19). The normalized spacial score (nSPS) is 8.79. The molecule has 0 spiro atoms. The van der Waals surface area contributed by atoms with Crippen LogP contribution in [0.3, 0.4) is 0 Å². The van der Waals surface area contributed by atoms with Gasteiger partial charge in [-0.1, -0.05) is 12.1 Å². The number of anilines is 1. The molecule has 1 aromatic rings. The van der Waals surface area contributed by atoms with E-state index < -0.39 is 0 Å². The minimum Gasteiger partial charge on any atom is -0.356 e. The molecule has 0 atom stereocenters. The Balaban J connectivity index is 2.53. The molecule has 0 aromatic heterocycles. The third-order valence-electron chi connectivity index (χ3n) is 2.25.